The van der Waals surface area contributed by atoms with E-state index in [0.717, 1.165) is 6.26 Å². The van der Waals surface area contributed by atoms with Gasteiger partial charge in [0, 0.05) is 0 Å². The van der Waals surface area contributed by atoms with Gasteiger partial charge in [-0.3, -0.25) is 4.18 Å². The lowest BCUT2D eigenvalue weighted by Crippen LogP contribution is -2.37. The van der Waals surface area contributed by atoms with Crippen molar-refractivity contribution < 1.29 is 17.3 Å². The summed E-state index contributed by atoms with van der Waals surface area (Å²) in [4.78, 5) is 0. The Labute approximate surface area is 53.9 Å². The molecule has 1 saturated heterocycles. The van der Waals surface area contributed by atoms with Gasteiger partial charge in [-0.2, -0.15) is 8.42 Å². The molecule has 1 heterocycles. The molecule has 0 unspecified atom stereocenters. The molecular formula is C4H8O4S. The first kappa shape index (κ1) is 6.98. The molecule has 54 valence electrons. The lowest BCUT2D eigenvalue weighted by Gasteiger charge is -2.24. The first-order valence-corrected chi connectivity index (χ1v) is 4.35. The van der Waals surface area contributed by atoms with Gasteiger partial charge in [0.05, 0.1) is 19.5 Å². The fourth-order valence-corrected chi connectivity index (χ4v) is 1.12. The van der Waals surface area contributed by atoms with E-state index in [1.165, 1.54) is 0 Å². The normalized spacial score (nSPS) is 21.4. The zero-order valence-corrected chi connectivity index (χ0v) is 5.85. The van der Waals surface area contributed by atoms with Gasteiger partial charge >= 0.3 is 0 Å². The molecule has 0 radical (unpaired) electrons. The van der Waals surface area contributed by atoms with Crippen molar-refractivity contribution >= 4 is 10.1 Å². The van der Waals surface area contributed by atoms with Gasteiger partial charge < -0.3 is 4.74 Å². The minimum absolute atomic E-state index is 0.236. The Bertz CT molecular complexity index is 179. The first-order valence-electron chi connectivity index (χ1n) is 2.54. The van der Waals surface area contributed by atoms with Crippen LogP contribution in [0.3, 0.4) is 0 Å². The topological polar surface area (TPSA) is 52.6 Å². The molecule has 5 heteroatoms. The number of ether oxygens (including phenoxy) is 1. The molecule has 0 aliphatic carbocycles. The highest BCUT2D eigenvalue weighted by molar-refractivity contribution is 7.86. The third kappa shape index (κ3) is 2.30. The van der Waals surface area contributed by atoms with Crippen LogP contribution in [-0.2, 0) is 19.0 Å². The van der Waals surface area contributed by atoms with Crippen molar-refractivity contribution in [3.05, 3.63) is 0 Å². The second-order valence-corrected chi connectivity index (χ2v) is 3.56. The van der Waals surface area contributed by atoms with Crippen molar-refractivity contribution in [3.63, 3.8) is 0 Å². The molecule has 1 aliphatic heterocycles. The Morgan fingerprint density at radius 1 is 1.56 bits per heavy atom. The van der Waals surface area contributed by atoms with E-state index in [4.69, 9.17) is 4.74 Å². The summed E-state index contributed by atoms with van der Waals surface area (Å²) in [6.07, 6.45) is 0.797. The van der Waals surface area contributed by atoms with Gasteiger partial charge in [0.15, 0.2) is 0 Å². The molecule has 0 saturated carbocycles. The molecule has 1 aliphatic rings. The minimum Gasteiger partial charge on any atom is -0.376 e. The summed E-state index contributed by atoms with van der Waals surface area (Å²) in [6, 6.07) is 0. The standard InChI is InChI=1S/C4H8O4S/c1-9(5,6)8-4-2-7-3-4/h4H,2-3H2,1H3. The van der Waals surface area contributed by atoms with E-state index in [1.807, 2.05) is 0 Å². The Morgan fingerprint density at radius 3 is 2.22 bits per heavy atom. The number of hydrogen-bond donors (Lipinski definition) is 0. The fourth-order valence-electron chi connectivity index (χ4n) is 0.517. The molecule has 0 bridgehead atoms. The van der Waals surface area contributed by atoms with Crippen LogP contribution in [0.1, 0.15) is 0 Å². The highest BCUT2D eigenvalue weighted by Gasteiger charge is 2.23. The fraction of sp³-hybridized carbons (Fsp3) is 1.00. The molecule has 0 aromatic carbocycles. The summed E-state index contributed by atoms with van der Waals surface area (Å²) in [5, 5.41) is 0. The van der Waals surface area contributed by atoms with E-state index in [1.54, 1.807) is 0 Å². The van der Waals surface area contributed by atoms with Gasteiger partial charge in [-0.15, -0.1) is 0 Å². The molecule has 1 fully saturated rings. The lowest BCUT2D eigenvalue weighted by molar-refractivity contribution is -0.0765. The molecule has 4 nitrogen and oxygen atoms in total. The summed E-state index contributed by atoms with van der Waals surface area (Å²) in [5.41, 5.74) is 0. The third-order valence-electron chi connectivity index (χ3n) is 0.918. The van der Waals surface area contributed by atoms with Crippen molar-refractivity contribution in [2.75, 3.05) is 19.5 Å². The Hall–Kier alpha value is -0.130. The van der Waals surface area contributed by atoms with Crippen LogP contribution in [0, 0.1) is 0 Å². The summed E-state index contributed by atoms with van der Waals surface area (Å²) >= 11 is 0. The smallest absolute Gasteiger partial charge is 0.264 e. The van der Waals surface area contributed by atoms with Gasteiger partial charge in [0.2, 0.25) is 0 Å². The van der Waals surface area contributed by atoms with Crippen LogP contribution >= 0.6 is 0 Å². The molecule has 0 atom stereocenters. The van der Waals surface area contributed by atoms with E-state index in [2.05, 4.69) is 4.18 Å². The Kier molecular flexibility index (Phi) is 1.74. The molecule has 0 aromatic rings. The Balaban J connectivity index is 2.33. The van der Waals surface area contributed by atoms with Crippen LogP contribution < -0.4 is 0 Å². The maximum Gasteiger partial charge on any atom is 0.264 e. The van der Waals surface area contributed by atoms with Gasteiger partial charge in [-0.05, 0) is 0 Å². The molecule has 0 N–H and O–H groups in total. The minimum atomic E-state index is -3.26. The summed E-state index contributed by atoms with van der Waals surface area (Å²) in [7, 11) is -3.26. The van der Waals surface area contributed by atoms with Crippen molar-refractivity contribution in [3.8, 4) is 0 Å². The Morgan fingerprint density at radius 2 is 2.11 bits per heavy atom. The maximum absolute atomic E-state index is 10.4. The highest BCUT2D eigenvalue weighted by atomic mass is 32.2. The number of hydrogen-bond acceptors (Lipinski definition) is 4. The molecule has 0 aromatic heterocycles. The number of rotatable bonds is 2. The van der Waals surface area contributed by atoms with Crippen LogP contribution in [0.5, 0.6) is 0 Å². The van der Waals surface area contributed by atoms with Crippen molar-refractivity contribution in [1.29, 1.82) is 0 Å². The molecule has 1 rings (SSSR count). The van der Waals surface area contributed by atoms with E-state index in [-0.39, 0.29) is 6.10 Å². The average molecular weight is 152 g/mol. The van der Waals surface area contributed by atoms with E-state index in [9.17, 15) is 8.42 Å². The van der Waals surface area contributed by atoms with Gasteiger partial charge in [0.1, 0.15) is 6.10 Å². The van der Waals surface area contributed by atoms with Gasteiger partial charge in [-0.25, -0.2) is 0 Å². The van der Waals surface area contributed by atoms with Crippen LogP contribution in [0.15, 0.2) is 0 Å². The molecule has 9 heavy (non-hydrogen) atoms. The quantitative estimate of drug-likeness (QED) is 0.494. The van der Waals surface area contributed by atoms with Crippen LogP contribution in [0.4, 0.5) is 0 Å². The molecular weight excluding hydrogens is 144 g/mol. The van der Waals surface area contributed by atoms with Crippen LogP contribution in [0.25, 0.3) is 0 Å². The van der Waals surface area contributed by atoms with Gasteiger partial charge in [0.25, 0.3) is 10.1 Å². The van der Waals surface area contributed by atoms with Crippen LogP contribution in [0.2, 0.25) is 0 Å². The van der Waals surface area contributed by atoms with E-state index < -0.39 is 10.1 Å². The largest absolute Gasteiger partial charge is 0.376 e. The summed E-state index contributed by atoms with van der Waals surface area (Å²) < 4.78 is 29.9. The molecule has 0 spiro atoms. The average Bonchev–Trinajstić information content (AvgIpc) is 1.53. The van der Waals surface area contributed by atoms with Crippen molar-refractivity contribution in [2.45, 2.75) is 6.10 Å². The summed E-state index contributed by atoms with van der Waals surface area (Å²) in [6.45, 7) is 0.792. The zero-order valence-electron chi connectivity index (χ0n) is 5.03. The lowest BCUT2D eigenvalue weighted by atomic mass is 10.3. The van der Waals surface area contributed by atoms with Crippen LogP contribution in [-0.4, -0.2) is 34.0 Å². The van der Waals surface area contributed by atoms with Crippen molar-refractivity contribution in [2.24, 2.45) is 0 Å². The summed E-state index contributed by atoms with van der Waals surface area (Å²) in [5.74, 6) is 0. The predicted molar refractivity (Wildman–Crippen MR) is 30.5 cm³/mol. The van der Waals surface area contributed by atoms with E-state index >= 15 is 0 Å². The van der Waals surface area contributed by atoms with Gasteiger partial charge in [-0.1, -0.05) is 0 Å². The predicted octanol–water partition coefficient (Wildman–Crippen LogP) is -0.639. The molecule has 0 amide bonds. The second-order valence-electron chi connectivity index (χ2n) is 1.96. The second kappa shape index (κ2) is 2.24. The zero-order chi connectivity index (χ0) is 6.91. The monoisotopic (exact) mass is 152 g/mol. The van der Waals surface area contributed by atoms with Crippen molar-refractivity contribution in [1.82, 2.24) is 0 Å². The highest BCUT2D eigenvalue weighted by Crippen LogP contribution is 2.07. The SMILES string of the molecule is CS(=O)(=O)OC1COC1. The first-order chi connectivity index (χ1) is 4.08. The van der Waals surface area contributed by atoms with E-state index in [0.29, 0.717) is 13.2 Å². The third-order valence-corrected chi connectivity index (χ3v) is 1.54. The maximum atomic E-state index is 10.4.